The molecule has 1 N–H and O–H groups in total. The summed E-state index contributed by atoms with van der Waals surface area (Å²) in [7, 11) is 0. The molecule has 5 heteroatoms. The number of anilines is 1. The normalized spacial score (nSPS) is 12.6. The van der Waals surface area contributed by atoms with Gasteiger partial charge < -0.3 is 10.2 Å². The Balaban J connectivity index is 2.02. The molecule has 110 valence electrons. The zero-order chi connectivity index (χ0) is 14.4. The number of rotatable bonds is 8. The third-order valence-electron chi connectivity index (χ3n) is 3.22. The second kappa shape index (κ2) is 7.76. The van der Waals surface area contributed by atoms with Crippen molar-refractivity contribution in [2.75, 3.05) is 18.0 Å². The second-order valence-corrected chi connectivity index (χ2v) is 6.89. The molecule has 2 aromatic rings. The number of nitrogens with one attached hydrogen (secondary N) is 1. The van der Waals surface area contributed by atoms with Crippen LogP contribution in [0, 0.1) is 0 Å². The maximum atomic E-state index is 4.61. The minimum atomic E-state index is 0.390. The zero-order valence-electron chi connectivity index (χ0n) is 12.4. The van der Waals surface area contributed by atoms with E-state index in [1.54, 1.807) is 11.3 Å². The van der Waals surface area contributed by atoms with E-state index in [0.717, 1.165) is 31.2 Å². The Labute approximate surface area is 129 Å². The number of hydrogen-bond acceptors (Lipinski definition) is 5. The number of nitrogens with zero attached hydrogens (tertiary/aromatic N) is 2. The predicted molar refractivity (Wildman–Crippen MR) is 89.9 cm³/mol. The molecule has 2 heterocycles. The third-order valence-corrected chi connectivity index (χ3v) is 5.32. The van der Waals surface area contributed by atoms with E-state index in [1.165, 1.54) is 9.75 Å². The Bertz CT molecular complexity index is 493. The highest BCUT2D eigenvalue weighted by atomic mass is 32.1. The average Bonchev–Trinajstić information content (AvgIpc) is 3.13. The van der Waals surface area contributed by atoms with Gasteiger partial charge in [-0.25, -0.2) is 4.98 Å². The zero-order valence-corrected chi connectivity index (χ0v) is 14.1. The topological polar surface area (TPSA) is 28.2 Å². The van der Waals surface area contributed by atoms with Gasteiger partial charge in [0.2, 0.25) is 0 Å². The van der Waals surface area contributed by atoms with Gasteiger partial charge in [-0.05, 0) is 38.3 Å². The molecule has 0 aromatic carbocycles. The standard InChI is InChI=1S/C15H23N3S2/c1-4-8-16-12(3)14-10-17-15(20-14)18(5-2)11-13-7-6-9-19-13/h6-7,9-10,12,16H,4-5,8,11H2,1-3H3. The minimum absolute atomic E-state index is 0.390. The number of thiophene rings is 1. The lowest BCUT2D eigenvalue weighted by Gasteiger charge is -2.18. The molecule has 0 fully saturated rings. The van der Waals surface area contributed by atoms with Gasteiger partial charge in [-0.15, -0.1) is 22.7 Å². The van der Waals surface area contributed by atoms with Crippen LogP contribution in [0.25, 0.3) is 0 Å². The first-order valence-corrected chi connectivity index (χ1v) is 8.90. The van der Waals surface area contributed by atoms with Gasteiger partial charge in [0.15, 0.2) is 5.13 Å². The molecular weight excluding hydrogens is 286 g/mol. The number of thiazole rings is 1. The fraction of sp³-hybridized carbons (Fsp3) is 0.533. The molecule has 2 rings (SSSR count). The van der Waals surface area contributed by atoms with E-state index in [9.17, 15) is 0 Å². The molecule has 1 unspecified atom stereocenters. The summed E-state index contributed by atoms with van der Waals surface area (Å²) in [6.45, 7) is 9.59. The van der Waals surface area contributed by atoms with Gasteiger partial charge in [-0.2, -0.15) is 0 Å². The van der Waals surface area contributed by atoms with Crippen molar-refractivity contribution in [2.45, 2.75) is 39.8 Å². The summed E-state index contributed by atoms with van der Waals surface area (Å²) >= 11 is 3.61. The summed E-state index contributed by atoms with van der Waals surface area (Å²) in [6, 6.07) is 4.69. The predicted octanol–water partition coefficient (Wildman–Crippen LogP) is 4.29. The molecule has 2 aromatic heterocycles. The van der Waals surface area contributed by atoms with Crippen molar-refractivity contribution >= 4 is 27.8 Å². The van der Waals surface area contributed by atoms with E-state index in [4.69, 9.17) is 0 Å². The SMILES string of the molecule is CCCNC(C)c1cnc(N(CC)Cc2cccs2)s1. The maximum Gasteiger partial charge on any atom is 0.185 e. The summed E-state index contributed by atoms with van der Waals surface area (Å²) in [5.74, 6) is 0. The quantitative estimate of drug-likeness (QED) is 0.788. The first-order valence-electron chi connectivity index (χ1n) is 7.21. The van der Waals surface area contributed by atoms with Crippen LogP contribution in [0.2, 0.25) is 0 Å². The Morgan fingerprint density at radius 1 is 1.40 bits per heavy atom. The molecular formula is C15H23N3S2. The monoisotopic (exact) mass is 309 g/mol. The Morgan fingerprint density at radius 2 is 2.25 bits per heavy atom. The Hall–Kier alpha value is -0.910. The van der Waals surface area contributed by atoms with Gasteiger partial charge in [-0.3, -0.25) is 0 Å². The van der Waals surface area contributed by atoms with Gasteiger partial charge in [0, 0.05) is 28.5 Å². The summed E-state index contributed by atoms with van der Waals surface area (Å²) in [5.41, 5.74) is 0. The number of hydrogen-bond donors (Lipinski definition) is 1. The van der Waals surface area contributed by atoms with Crippen molar-refractivity contribution in [3.8, 4) is 0 Å². The molecule has 0 amide bonds. The molecule has 20 heavy (non-hydrogen) atoms. The molecule has 0 aliphatic carbocycles. The first-order chi connectivity index (χ1) is 9.74. The smallest absolute Gasteiger partial charge is 0.185 e. The van der Waals surface area contributed by atoms with E-state index >= 15 is 0 Å². The van der Waals surface area contributed by atoms with Crippen molar-refractivity contribution < 1.29 is 0 Å². The van der Waals surface area contributed by atoms with Gasteiger partial charge in [0.1, 0.15) is 0 Å². The Kier molecular flexibility index (Phi) is 6.01. The number of aromatic nitrogens is 1. The van der Waals surface area contributed by atoms with Crippen molar-refractivity contribution in [3.05, 3.63) is 33.5 Å². The van der Waals surface area contributed by atoms with E-state index in [1.807, 2.05) is 17.5 Å². The van der Waals surface area contributed by atoms with E-state index in [0.29, 0.717) is 6.04 Å². The molecule has 0 radical (unpaired) electrons. The van der Waals surface area contributed by atoms with Crippen molar-refractivity contribution in [1.82, 2.24) is 10.3 Å². The lowest BCUT2D eigenvalue weighted by molar-refractivity contribution is 0.577. The molecule has 1 atom stereocenters. The molecule has 0 spiro atoms. The van der Waals surface area contributed by atoms with Crippen LogP contribution in [0.5, 0.6) is 0 Å². The molecule has 3 nitrogen and oxygen atoms in total. The van der Waals surface area contributed by atoms with Crippen LogP contribution < -0.4 is 10.2 Å². The fourth-order valence-corrected chi connectivity index (χ4v) is 3.71. The highest BCUT2D eigenvalue weighted by Gasteiger charge is 2.13. The highest BCUT2D eigenvalue weighted by Crippen LogP contribution is 2.28. The van der Waals surface area contributed by atoms with Crippen LogP contribution in [0.1, 0.15) is 43.0 Å². The third kappa shape index (κ3) is 4.04. The summed E-state index contributed by atoms with van der Waals surface area (Å²) in [4.78, 5) is 9.65. The average molecular weight is 310 g/mol. The first kappa shape index (κ1) is 15.5. The van der Waals surface area contributed by atoms with Gasteiger partial charge in [-0.1, -0.05) is 13.0 Å². The van der Waals surface area contributed by atoms with Crippen molar-refractivity contribution in [3.63, 3.8) is 0 Å². The lowest BCUT2D eigenvalue weighted by Crippen LogP contribution is -2.21. The van der Waals surface area contributed by atoms with Crippen LogP contribution in [0.15, 0.2) is 23.7 Å². The Morgan fingerprint density at radius 3 is 2.90 bits per heavy atom. The van der Waals surface area contributed by atoms with Crippen LogP contribution in [-0.4, -0.2) is 18.1 Å². The lowest BCUT2D eigenvalue weighted by atomic mass is 10.3. The van der Waals surface area contributed by atoms with E-state index < -0.39 is 0 Å². The molecule has 0 aliphatic rings. The van der Waals surface area contributed by atoms with Crippen molar-refractivity contribution in [2.24, 2.45) is 0 Å². The van der Waals surface area contributed by atoms with Gasteiger partial charge >= 0.3 is 0 Å². The van der Waals surface area contributed by atoms with E-state index in [-0.39, 0.29) is 0 Å². The highest BCUT2D eigenvalue weighted by molar-refractivity contribution is 7.15. The van der Waals surface area contributed by atoms with Crippen LogP contribution in [0.3, 0.4) is 0 Å². The summed E-state index contributed by atoms with van der Waals surface area (Å²) < 4.78 is 0. The maximum absolute atomic E-state index is 4.61. The largest absolute Gasteiger partial charge is 0.343 e. The molecule has 0 saturated carbocycles. The molecule has 0 bridgehead atoms. The fourth-order valence-electron chi connectivity index (χ4n) is 1.99. The van der Waals surface area contributed by atoms with Gasteiger partial charge in [0.25, 0.3) is 0 Å². The second-order valence-electron chi connectivity index (χ2n) is 4.81. The van der Waals surface area contributed by atoms with Crippen molar-refractivity contribution in [1.29, 1.82) is 0 Å². The van der Waals surface area contributed by atoms with Gasteiger partial charge in [0.05, 0.1) is 6.54 Å². The summed E-state index contributed by atoms with van der Waals surface area (Å²) in [6.07, 6.45) is 3.18. The molecule has 0 saturated heterocycles. The molecule has 0 aliphatic heterocycles. The minimum Gasteiger partial charge on any atom is -0.343 e. The summed E-state index contributed by atoms with van der Waals surface area (Å²) in [5, 5.41) is 6.78. The van der Waals surface area contributed by atoms with Crippen LogP contribution in [-0.2, 0) is 6.54 Å². The van der Waals surface area contributed by atoms with Crippen LogP contribution >= 0.6 is 22.7 Å². The van der Waals surface area contributed by atoms with Crippen LogP contribution in [0.4, 0.5) is 5.13 Å². The van der Waals surface area contributed by atoms with E-state index in [2.05, 4.69) is 53.5 Å².